The second kappa shape index (κ2) is 11.0. The Morgan fingerprint density at radius 2 is 2.23 bits per heavy atom. The van der Waals surface area contributed by atoms with E-state index in [-0.39, 0.29) is 46.2 Å². The Morgan fingerprint density at radius 1 is 1.43 bits per heavy atom. The maximum absolute atomic E-state index is 13.1. The Bertz CT molecular complexity index is 1640. The summed E-state index contributed by atoms with van der Waals surface area (Å²) in [4.78, 5) is 52.7. The van der Waals surface area contributed by atoms with Crippen LogP contribution in [0.4, 0.5) is 10.9 Å². The maximum atomic E-state index is 13.1. The third kappa shape index (κ3) is 5.01. The molecule has 2 aliphatic heterocycles. The number of carbonyl (C=O) groups is 3. The topological polar surface area (TPSA) is 211 Å². The highest BCUT2D eigenvalue weighted by Crippen LogP contribution is 2.41. The van der Waals surface area contributed by atoms with E-state index < -0.39 is 29.2 Å². The first kappa shape index (κ1) is 27.2. The molecule has 2 atom stereocenters. The molecule has 5 N–H and O–H groups in total. The number of aromatic nitrogens is 5. The van der Waals surface area contributed by atoms with Crippen molar-refractivity contribution in [1.82, 2.24) is 29.9 Å². The summed E-state index contributed by atoms with van der Waals surface area (Å²) in [7, 11) is 1.81. The molecule has 206 valence electrons. The summed E-state index contributed by atoms with van der Waals surface area (Å²) in [5.41, 5.74) is 12.4. The van der Waals surface area contributed by atoms with Crippen LogP contribution in [0, 0.1) is 12.3 Å². The SMILES string of the molecule is C#CCO/N=C(\C(=O)NC1C(=O)N2C(C(=O)[O-])=C(CSc3nc(N)cc4n(C)cn[n+]34)CS[C@@H]12)c1csc(N)n1. The minimum Gasteiger partial charge on any atom is -0.543 e. The number of thioether (sulfide) groups is 2. The van der Waals surface area contributed by atoms with Crippen molar-refractivity contribution in [1.29, 1.82) is 0 Å². The lowest BCUT2D eigenvalue weighted by Crippen LogP contribution is -2.71. The van der Waals surface area contributed by atoms with Crippen molar-refractivity contribution in [2.24, 2.45) is 12.2 Å². The van der Waals surface area contributed by atoms with E-state index in [1.54, 1.807) is 28.5 Å². The quantitative estimate of drug-likeness (QED) is 0.0347. The second-order valence-electron chi connectivity index (χ2n) is 8.35. The van der Waals surface area contributed by atoms with Crippen LogP contribution in [0.3, 0.4) is 0 Å². The van der Waals surface area contributed by atoms with E-state index in [9.17, 15) is 19.5 Å². The zero-order valence-corrected chi connectivity index (χ0v) is 23.1. The van der Waals surface area contributed by atoms with Gasteiger partial charge in [0, 0.05) is 16.9 Å². The predicted octanol–water partition coefficient (Wildman–Crippen LogP) is -2.28. The van der Waals surface area contributed by atoms with Gasteiger partial charge in [0.25, 0.3) is 17.5 Å². The van der Waals surface area contributed by atoms with Gasteiger partial charge in [-0.3, -0.25) is 14.5 Å². The molecule has 5 heterocycles. The summed E-state index contributed by atoms with van der Waals surface area (Å²) >= 11 is 3.61. The predicted molar refractivity (Wildman–Crippen MR) is 144 cm³/mol. The van der Waals surface area contributed by atoms with Crippen LogP contribution < -0.4 is 26.4 Å². The molecule has 2 aliphatic rings. The van der Waals surface area contributed by atoms with Gasteiger partial charge in [0.2, 0.25) is 5.82 Å². The molecule has 0 aliphatic carbocycles. The molecule has 0 radical (unpaired) electrons. The standard InChI is InChI=1S/C22H20N10O5S3/c1-3-4-37-29-14(11-8-39-21(24)26-11)17(33)28-15-18(34)31-16(20(35)36)10(6-38-19(15)31)7-40-22-27-12(23)5-13-30(2)9-25-32(13)22/h1,5,8-9,15,19,23H,4,6-7H2,2H3,(H4,24,26,28,33,35,36)/b29-14-/t15?,19-/m0/s1. The molecule has 0 bridgehead atoms. The highest BCUT2D eigenvalue weighted by Gasteiger charge is 2.53. The van der Waals surface area contributed by atoms with Crippen molar-refractivity contribution < 1.29 is 28.8 Å². The van der Waals surface area contributed by atoms with Gasteiger partial charge in [-0.2, -0.15) is 0 Å². The molecule has 5 rings (SSSR count). The molecule has 1 unspecified atom stereocenters. The lowest BCUT2D eigenvalue weighted by molar-refractivity contribution is -0.622. The fourth-order valence-corrected chi connectivity index (χ4v) is 7.00. The normalized spacial score (nSPS) is 18.8. The Balaban J connectivity index is 1.33. The molecular weight excluding hydrogens is 581 g/mol. The maximum Gasteiger partial charge on any atom is 0.325 e. The van der Waals surface area contributed by atoms with E-state index in [4.69, 9.17) is 22.7 Å². The van der Waals surface area contributed by atoms with Crippen LogP contribution in [0.25, 0.3) is 5.65 Å². The Hall–Kier alpha value is -4.34. The first-order chi connectivity index (χ1) is 19.2. The number of carbonyl (C=O) groups excluding carboxylic acids is 3. The average molecular weight is 601 g/mol. The van der Waals surface area contributed by atoms with E-state index >= 15 is 0 Å². The van der Waals surface area contributed by atoms with Crippen molar-refractivity contribution in [2.75, 3.05) is 29.6 Å². The molecule has 0 spiro atoms. The van der Waals surface area contributed by atoms with Crippen molar-refractivity contribution in [3.05, 3.63) is 34.7 Å². The monoisotopic (exact) mass is 600 g/mol. The first-order valence-corrected chi connectivity index (χ1v) is 14.3. The Labute approximate surface area is 238 Å². The molecular formula is C22H20N10O5S3. The Morgan fingerprint density at radius 3 is 2.92 bits per heavy atom. The summed E-state index contributed by atoms with van der Waals surface area (Å²) in [6, 6.07) is 0.645. The van der Waals surface area contributed by atoms with Crippen LogP contribution in [0.15, 0.2) is 39.4 Å². The molecule has 1 fully saturated rings. The summed E-state index contributed by atoms with van der Waals surface area (Å²) in [5.74, 6) is 0.0893. The van der Waals surface area contributed by atoms with Gasteiger partial charge in [0.05, 0.1) is 24.8 Å². The minimum absolute atomic E-state index is 0.140. The van der Waals surface area contributed by atoms with Crippen LogP contribution in [0.2, 0.25) is 0 Å². The third-order valence-corrected chi connectivity index (χ3v) is 8.82. The van der Waals surface area contributed by atoms with Gasteiger partial charge >= 0.3 is 5.16 Å². The van der Waals surface area contributed by atoms with E-state index in [2.05, 4.69) is 31.5 Å². The van der Waals surface area contributed by atoms with E-state index in [1.807, 2.05) is 0 Å². The largest absolute Gasteiger partial charge is 0.543 e. The lowest BCUT2D eigenvalue weighted by Gasteiger charge is -2.50. The fraction of sp³-hybridized carbons (Fsp3) is 0.273. The second-order valence-corrected chi connectivity index (χ2v) is 11.3. The van der Waals surface area contributed by atoms with Crippen LogP contribution in [-0.2, 0) is 26.3 Å². The van der Waals surface area contributed by atoms with Gasteiger partial charge < -0.3 is 31.5 Å². The van der Waals surface area contributed by atoms with E-state index in [0.717, 1.165) is 16.2 Å². The number of aliphatic carboxylic acids is 1. The number of rotatable bonds is 9. The number of anilines is 2. The number of thiazole rings is 1. The van der Waals surface area contributed by atoms with Crippen molar-refractivity contribution in [2.45, 2.75) is 16.6 Å². The third-order valence-electron chi connectivity index (χ3n) is 5.79. The number of hydrogen-bond acceptors (Lipinski definition) is 14. The molecule has 18 heteroatoms. The molecule has 2 amide bonds. The number of oxime groups is 1. The van der Waals surface area contributed by atoms with Crippen molar-refractivity contribution in [3.8, 4) is 12.3 Å². The average Bonchev–Trinajstić information content (AvgIpc) is 3.52. The number of carboxylic acids is 1. The van der Waals surface area contributed by atoms with Gasteiger partial charge in [0.1, 0.15) is 17.1 Å². The number of aryl methyl sites for hydroxylation is 1. The Kier molecular flexibility index (Phi) is 7.51. The number of terminal acetylenes is 1. The van der Waals surface area contributed by atoms with Crippen molar-refractivity contribution >= 4 is 75.0 Å². The van der Waals surface area contributed by atoms with Crippen LogP contribution in [0.5, 0.6) is 0 Å². The summed E-state index contributed by atoms with van der Waals surface area (Å²) in [6.45, 7) is -0.193. The number of nitrogen functional groups attached to an aromatic ring is 2. The number of nitrogens with one attached hydrogen (secondary N) is 1. The number of β-lactam (4-membered cyclic amide) rings is 1. The minimum atomic E-state index is -1.50. The van der Waals surface area contributed by atoms with Gasteiger partial charge in [0.15, 0.2) is 23.8 Å². The molecule has 0 aromatic carbocycles. The molecule has 3 aromatic heterocycles. The van der Waals surface area contributed by atoms with Crippen LogP contribution in [0.1, 0.15) is 5.69 Å². The summed E-state index contributed by atoms with van der Waals surface area (Å²) in [5, 5.41) is 24.3. The summed E-state index contributed by atoms with van der Waals surface area (Å²) < 4.78 is 3.35. The number of nitrogens with zero attached hydrogens (tertiary/aromatic N) is 7. The van der Waals surface area contributed by atoms with Gasteiger partial charge in [-0.05, 0) is 17.3 Å². The zero-order chi connectivity index (χ0) is 28.6. The zero-order valence-electron chi connectivity index (χ0n) is 20.6. The highest BCUT2D eigenvalue weighted by molar-refractivity contribution is 8.01. The number of amides is 2. The fourth-order valence-electron chi connectivity index (χ4n) is 4.00. The number of nitrogens with two attached hydrogens (primary N) is 2. The van der Waals surface area contributed by atoms with Crippen molar-refractivity contribution in [3.63, 3.8) is 0 Å². The molecule has 40 heavy (non-hydrogen) atoms. The van der Waals surface area contributed by atoms with Gasteiger partial charge in [-0.25, -0.2) is 9.55 Å². The van der Waals surface area contributed by atoms with Crippen LogP contribution >= 0.6 is 34.9 Å². The smallest absolute Gasteiger partial charge is 0.325 e. The van der Waals surface area contributed by atoms with Crippen LogP contribution in [-0.4, -0.2) is 77.6 Å². The van der Waals surface area contributed by atoms with E-state index in [1.165, 1.54) is 28.9 Å². The number of hydrogen-bond donors (Lipinski definition) is 3. The molecule has 1 saturated heterocycles. The summed E-state index contributed by atoms with van der Waals surface area (Å²) in [6.07, 6.45) is 6.77. The molecule has 0 saturated carbocycles. The highest BCUT2D eigenvalue weighted by atomic mass is 32.2. The van der Waals surface area contributed by atoms with Gasteiger partial charge in [-0.15, -0.1) is 29.5 Å². The number of fused-ring (bicyclic) bond motifs is 2. The first-order valence-electron chi connectivity index (χ1n) is 11.4. The van der Waals surface area contributed by atoms with Gasteiger partial charge in [-0.1, -0.05) is 25.7 Å². The molecule has 3 aromatic rings. The number of carboxylic acid groups (broad SMARTS) is 1. The van der Waals surface area contributed by atoms with E-state index in [0.29, 0.717) is 16.4 Å². The molecule has 15 nitrogen and oxygen atoms in total. The lowest BCUT2D eigenvalue weighted by atomic mass is 10.0.